The van der Waals surface area contributed by atoms with Gasteiger partial charge in [-0.3, -0.25) is 4.31 Å². The zero-order valence-electron chi connectivity index (χ0n) is 5.50. The van der Waals surface area contributed by atoms with Gasteiger partial charge in [-0.05, 0) is 12.2 Å². The van der Waals surface area contributed by atoms with E-state index < -0.39 is 0 Å². The highest BCUT2D eigenvalue weighted by molar-refractivity contribution is 7.96. The minimum absolute atomic E-state index is 0.655. The molecule has 1 heterocycles. The van der Waals surface area contributed by atoms with Crippen LogP contribution in [0.5, 0.6) is 0 Å². The third-order valence-electron chi connectivity index (χ3n) is 1.56. The molecule has 1 rings (SSSR count). The first-order valence-corrected chi connectivity index (χ1v) is 4.21. The van der Waals surface area contributed by atoms with E-state index >= 15 is 0 Å². The molecule has 0 unspecified atom stereocenters. The van der Waals surface area contributed by atoms with Crippen LogP contribution >= 0.6 is 11.9 Å². The average molecular weight is 142 g/mol. The minimum Gasteiger partial charge on any atom is -0.250 e. The molecule has 50 valence electrons. The van der Waals surface area contributed by atoms with Crippen LogP contribution < -0.4 is 0 Å². The van der Waals surface area contributed by atoms with Crippen LogP contribution in [0.2, 0.25) is 0 Å². The van der Waals surface area contributed by atoms with Crippen molar-refractivity contribution in [1.29, 1.82) is 5.26 Å². The zero-order valence-corrected chi connectivity index (χ0v) is 6.32. The van der Waals surface area contributed by atoms with Gasteiger partial charge in [0.2, 0.25) is 0 Å². The smallest absolute Gasteiger partial charge is 0.0625 e. The molecule has 0 atom stereocenters. The van der Waals surface area contributed by atoms with E-state index in [2.05, 4.69) is 16.6 Å². The average Bonchev–Trinajstić information content (AvgIpc) is 1.77. The van der Waals surface area contributed by atoms with E-state index in [1.54, 1.807) is 11.9 Å². The second-order valence-corrected chi connectivity index (χ2v) is 3.14. The summed E-state index contributed by atoms with van der Waals surface area (Å²) in [6, 6.07) is 2.18. The highest BCUT2D eigenvalue weighted by Gasteiger charge is 2.24. The first-order chi connectivity index (χ1) is 4.36. The first kappa shape index (κ1) is 6.91. The van der Waals surface area contributed by atoms with Gasteiger partial charge in [0.05, 0.1) is 6.07 Å². The zero-order chi connectivity index (χ0) is 6.69. The molecule has 0 aliphatic carbocycles. The van der Waals surface area contributed by atoms with Gasteiger partial charge in [0, 0.05) is 19.5 Å². The molecule has 0 bridgehead atoms. The van der Waals surface area contributed by atoms with Gasteiger partial charge in [0.25, 0.3) is 0 Å². The molecule has 0 spiro atoms. The van der Waals surface area contributed by atoms with Crippen LogP contribution in [0.1, 0.15) is 6.42 Å². The van der Waals surface area contributed by atoms with Gasteiger partial charge >= 0.3 is 0 Å². The van der Waals surface area contributed by atoms with Crippen LogP contribution in [0.3, 0.4) is 0 Å². The molecule has 1 aliphatic heterocycles. The van der Waals surface area contributed by atoms with Crippen molar-refractivity contribution in [3.05, 3.63) is 0 Å². The Bertz CT molecular complexity index is 124. The van der Waals surface area contributed by atoms with Crippen molar-refractivity contribution in [1.82, 2.24) is 4.31 Å². The van der Waals surface area contributed by atoms with Gasteiger partial charge in [-0.15, -0.1) is 0 Å². The minimum atomic E-state index is 0.655. The maximum Gasteiger partial charge on any atom is 0.0625 e. The number of nitriles is 1. The van der Waals surface area contributed by atoms with Gasteiger partial charge < -0.3 is 0 Å². The molecule has 0 N–H and O–H groups in total. The summed E-state index contributed by atoms with van der Waals surface area (Å²) in [6.45, 7) is 2.21. The van der Waals surface area contributed by atoms with Crippen LogP contribution in [0.25, 0.3) is 0 Å². The molecular weight excluding hydrogens is 132 g/mol. The summed E-state index contributed by atoms with van der Waals surface area (Å²) in [7, 11) is 0. The second-order valence-electron chi connectivity index (χ2n) is 2.26. The Hall–Kier alpha value is -0.200. The highest BCUT2D eigenvalue weighted by atomic mass is 32.2. The Morgan fingerprint density at radius 3 is 2.89 bits per heavy atom. The monoisotopic (exact) mass is 142 g/mol. The van der Waals surface area contributed by atoms with Crippen molar-refractivity contribution >= 4 is 11.9 Å². The van der Waals surface area contributed by atoms with Gasteiger partial charge in [0.15, 0.2) is 0 Å². The quantitative estimate of drug-likeness (QED) is 0.540. The van der Waals surface area contributed by atoms with Gasteiger partial charge in [-0.25, -0.2) is 0 Å². The van der Waals surface area contributed by atoms with Crippen molar-refractivity contribution < 1.29 is 0 Å². The summed E-state index contributed by atoms with van der Waals surface area (Å²) < 4.78 is 2.27. The predicted molar refractivity (Wildman–Crippen MR) is 38.8 cm³/mol. The van der Waals surface area contributed by atoms with E-state index in [0.717, 1.165) is 19.5 Å². The number of hydrogen-bond acceptors (Lipinski definition) is 3. The predicted octanol–water partition coefficient (Wildman–Crippen LogP) is 1.11. The van der Waals surface area contributed by atoms with Crippen molar-refractivity contribution in [3.63, 3.8) is 0 Å². The molecule has 0 aromatic rings. The molecule has 9 heavy (non-hydrogen) atoms. The van der Waals surface area contributed by atoms with E-state index in [-0.39, 0.29) is 0 Å². The fourth-order valence-electron chi connectivity index (χ4n) is 0.930. The molecule has 1 aliphatic rings. The Kier molecular flexibility index (Phi) is 2.38. The summed E-state index contributed by atoms with van der Waals surface area (Å²) in [4.78, 5) is 0. The summed E-state index contributed by atoms with van der Waals surface area (Å²) in [5.41, 5.74) is 0. The lowest BCUT2D eigenvalue weighted by atomic mass is 10.0. The molecule has 2 nitrogen and oxygen atoms in total. The number of nitrogens with zero attached hydrogens (tertiary/aromatic N) is 2. The standard InChI is InChI=1S/C6H10N2S/c1-9-8-4-6(5-8)2-3-7/h6H,2,4-5H2,1H3. The van der Waals surface area contributed by atoms with E-state index in [4.69, 9.17) is 5.26 Å². The SMILES string of the molecule is CSN1CC(CC#N)C1. The molecule has 0 radical (unpaired) electrons. The van der Waals surface area contributed by atoms with Gasteiger partial charge in [0.1, 0.15) is 0 Å². The van der Waals surface area contributed by atoms with Crippen molar-refractivity contribution in [3.8, 4) is 6.07 Å². The maximum absolute atomic E-state index is 8.29. The van der Waals surface area contributed by atoms with Crippen molar-refractivity contribution in [2.45, 2.75) is 6.42 Å². The summed E-state index contributed by atoms with van der Waals surface area (Å²) in [6.07, 6.45) is 2.81. The van der Waals surface area contributed by atoms with Crippen LogP contribution in [-0.4, -0.2) is 23.7 Å². The molecular formula is C6H10N2S. The molecule has 0 aromatic heterocycles. The maximum atomic E-state index is 8.29. The Morgan fingerprint density at radius 1 is 1.78 bits per heavy atom. The van der Waals surface area contributed by atoms with E-state index in [1.807, 2.05) is 0 Å². The lowest BCUT2D eigenvalue weighted by Gasteiger charge is -2.35. The largest absolute Gasteiger partial charge is 0.250 e. The third-order valence-corrected chi connectivity index (χ3v) is 2.38. The second kappa shape index (κ2) is 3.09. The topological polar surface area (TPSA) is 27.0 Å². The van der Waals surface area contributed by atoms with Crippen LogP contribution in [0, 0.1) is 17.2 Å². The lowest BCUT2D eigenvalue weighted by Crippen LogP contribution is -2.41. The lowest BCUT2D eigenvalue weighted by molar-refractivity contribution is 0.224. The van der Waals surface area contributed by atoms with Crippen molar-refractivity contribution in [2.24, 2.45) is 5.92 Å². The Labute approximate surface area is 60.0 Å². The molecule has 0 amide bonds. The summed E-state index contributed by atoms with van der Waals surface area (Å²) in [5.74, 6) is 0.655. The summed E-state index contributed by atoms with van der Waals surface area (Å²) in [5, 5.41) is 8.29. The molecule has 0 saturated carbocycles. The number of hydrogen-bond donors (Lipinski definition) is 0. The third kappa shape index (κ3) is 1.60. The summed E-state index contributed by atoms with van der Waals surface area (Å²) >= 11 is 1.77. The van der Waals surface area contributed by atoms with E-state index in [0.29, 0.717) is 5.92 Å². The van der Waals surface area contributed by atoms with E-state index in [1.165, 1.54) is 0 Å². The Morgan fingerprint density at radius 2 is 2.44 bits per heavy atom. The van der Waals surface area contributed by atoms with Crippen LogP contribution in [0.15, 0.2) is 0 Å². The molecule has 0 aromatic carbocycles. The van der Waals surface area contributed by atoms with Gasteiger partial charge in [-0.1, -0.05) is 11.9 Å². The normalized spacial score (nSPS) is 20.9. The molecule has 1 fully saturated rings. The molecule has 3 heteroatoms. The molecule has 1 saturated heterocycles. The number of rotatable bonds is 2. The van der Waals surface area contributed by atoms with Crippen LogP contribution in [0.4, 0.5) is 0 Å². The van der Waals surface area contributed by atoms with Crippen LogP contribution in [-0.2, 0) is 0 Å². The fourth-order valence-corrected chi connectivity index (χ4v) is 1.65. The Balaban J connectivity index is 2.06. The van der Waals surface area contributed by atoms with Gasteiger partial charge in [-0.2, -0.15) is 5.26 Å². The van der Waals surface area contributed by atoms with E-state index in [9.17, 15) is 0 Å². The van der Waals surface area contributed by atoms with Crippen molar-refractivity contribution in [2.75, 3.05) is 19.3 Å². The first-order valence-electron chi connectivity index (χ1n) is 3.03. The fraction of sp³-hybridized carbons (Fsp3) is 0.833. The highest BCUT2D eigenvalue weighted by Crippen LogP contribution is 2.23.